The Morgan fingerprint density at radius 3 is 2.42 bits per heavy atom. The number of piperazine rings is 1. The number of ether oxygens (including phenoxy) is 1. The Labute approximate surface area is 157 Å². The summed E-state index contributed by atoms with van der Waals surface area (Å²) in [4.78, 5) is 33.1. The Morgan fingerprint density at radius 2 is 1.77 bits per heavy atom. The van der Waals surface area contributed by atoms with Gasteiger partial charge in [-0.05, 0) is 19.1 Å². The molecule has 0 atom stereocenters. The second-order valence-corrected chi connectivity index (χ2v) is 7.45. The highest BCUT2D eigenvalue weighted by atomic mass is 32.1. The summed E-state index contributed by atoms with van der Waals surface area (Å²) in [7, 11) is 0. The molecule has 0 unspecified atom stereocenters. The molecule has 7 heteroatoms. The first-order valence-corrected chi connectivity index (χ1v) is 9.51. The zero-order valence-corrected chi connectivity index (χ0v) is 15.9. The van der Waals surface area contributed by atoms with E-state index in [-0.39, 0.29) is 11.8 Å². The highest BCUT2D eigenvalue weighted by molar-refractivity contribution is 7.11. The summed E-state index contributed by atoms with van der Waals surface area (Å²) >= 11 is 1.53. The molecular weight excluding hydrogens is 350 g/mol. The van der Waals surface area contributed by atoms with Crippen LogP contribution in [0.5, 0.6) is 5.75 Å². The van der Waals surface area contributed by atoms with Gasteiger partial charge in [0.25, 0.3) is 0 Å². The van der Waals surface area contributed by atoms with Crippen LogP contribution in [0.2, 0.25) is 0 Å². The SMILES string of the molecule is CC(=O)N1CCN(C(=O)Cc2sc(COc3ccccc3)nc2C)CC1. The molecule has 0 N–H and O–H groups in total. The maximum Gasteiger partial charge on any atom is 0.228 e. The molecular formula is C19H23N3O3S. The van der Waals surface area contributed by atoms with Crippen molar-refractivity contribution >= 4 is 23.2 Å². The van der Waals surface area contributed by atoms with Crippen LogP contribution in [0.4, 0.5) is 0 Å². The molecule has 1 saturated heterocycles. The molecule has 1 fully saturated rings. The number of nitrogens with zero attached hydrogens (tertiary/aromatic N) is 3. The number of carbonyl (C=O) groups excluding carboxylic acids is 2. The third-order valence-electron chi connectivity index (χ3n) is 4.43. The summed E-state index contributed by atoms with van der Waals surface area (Å²) in [5.74, 6) is 0.968. The van der Waals surface area contributed by atoms with E-state index in [9.17, 15) is 9.59 Å². The number of amides is 2. The molecule has 0 spiro atoms. The van der Waals surface area contributed by atoms with Crippen LogP contribution in [-0.4, -0.2) is 52.8 Å². The molecule has 0 radical (unpaired) electrons. The molecule has 26 heavy (non-hydrogen) atoms. The van der Waals surface area contributed by atoms with Gasteiger partial charge >= 0.3 is 0 Å². The summed E-state index contributed by atoms with van der Waals surface area (Å²) in [6.45, 7) is 6.31. The second-order valence-electron chi connectivity index (χ2n) is 6.28. The topological polar surface area (TPSA) is 62.7 Å². The molecule has 138 valence electrons. The number of thiazole rings is 1. The largest absolute Gasteiger partial charge is 0.486 e. The van der Waals surface area contributed by atoms with Gasteiger partial charge in [0.15, 0.2) is 0 Å². The van der Waals surface area contributed by atoms with Crippen LogP contribution < -0.4 is 4.74 Å². The van der Waals surface area contributed by atoms with Crippen molar-refractivity contribution in [2.75, 3.05) is 26.2 Å². The Hall–Kier alpha value is -2.41. The summed E-state index contributed by atoms with van der Waals surface area (Å²) in [6, 6.07) is 9.62. The Kier molecular flexibility index (Phi) is 5.88. The van der Waals surface area contributed by atoms with Crippen molar-refractivity contribution in [3.63, 3.8) is 0 Å². The lowest BCUT2D eigenvalue weighted by molar-refractivity contribution is -0.137. The molecule has 1 aromatic carbocycles. The van der Waals surface area contributed by atoms with Gasteiger partial charge in [0.05, 0.1) is 12.1 Å². The van der Waals surface area contributed by atoms with E-state index < -0.39 is 0 Å². The fourth-order valence-corrected chi connectivity index (χ4v) is 3.87. The van der Waals surface area contributed by atoms with E-state index in [0.717, 1.165) is 21.3 Å². The van der Waals surface area contributed by atoms with Crippen molar-refractivity contribution in [1.29, 1.82) is 0 Å². The standard InChI is InChI=1S/C19H23N3O3S/c1-14-17(12-19(24)22-10-8-21(9-11-22)15(2)23)26-18(20-14)13-25-16-6-4-3-5-7-16/h3-7H,8-13H2,1-2H3. The van der Waals surface area contributed by atoms with E-state index in [4.69, 9.17) is 4.74 Å². The highest BCUT2D eigenvalue weighted by Crippen LogP contribution is 2.21. The number of hydrogen-bond donors (Lipinski definition) is 0. The zero-order valence-electron chi connectivity index (χ0n) is 15.1. The van der Waals surface area contributed by atoms with Gasteiger partial charge < -0.3 is 14.5 Å². The van der Waals surface area contributed by atoms with Crippen LogP contribution in [0.3, 0.4) is 0 Å². The van der Waals surface area contributed by atoms with Gasteiger partial charge in [0.1, 0.15) is 17.4 Å². The van der Waals surface area contributed by atoms with E-state index >= 15 is 0 Å². The predicted molar refractivity (Wildman–Crippen MR) is 100 cm³/mol. The number of para-hydroxylation sites is 1. The number of carbonyl (C=O) groups is 2. The molecule has 2 aromatic rings. The quantitative estimate of drug-likeness (QED) is 0.807. The van der Waals surface area contributed by atoms with Crippen LogP contribution in [-0.2, 0) is 22.6 Å². The minimum absolute atomic E-state index is 0.0680. The number of aromatic nitrogens is 1. The first-order valence-electron chi connectivity index (χ1n) is 8.69. The van der Waals surface area contributed by atoms with Gasteiger partial charge in [-0.15, -0.1) is 11.3 Å². The van der Waals surface area contributed by atoms with Crippen LogP contribution in [0.1, 0.15) is 22.5 Å². The summed E-state index contributed by atoms with van der Waals surface area (Å²) in [5, 5.41) is 0.871. The molecule has 0 bridgehead atoms. The summed E-state index contributed by atoms with van der Waals surface area (Å²) in [5.41, 5.74) is 0.886. The van der Waals surface area contributed by atoms with Crippen molar-refractivity contribution in [3.05, 3.63) is 45.9 Å². The lowest BCUT2D eigenvalue weighted by Crippen LogP contribution is -2.50. The molecule has 2 heterocycles. The number of rotatable bonds is 5. The summed E-state index contributed by atoms with van der Waals surface area (Å²) < 4.78 is 5.73. The van der Waals surface area contributed by atoms with Crippen molar-refractivity contribution in [1.82, 2.24) is 14.8 Å². The maximum absolute atomic E-state index is 12.6. The van der Waals surface area contributed by atoms with Crippen LogP contribution in [0, 0.1) is 6.92 Å². The van der Waals surface area contributed by atoms with E-state index in [1.54, 1.807) is 11.8 Å². The number of aryl methyl sites for hydroxylation is 1. The molecule has 0 aliphatic carbocycles. The second kappa shape index (κ2) is 8.31. The van der Waals surface area contributed by atoms with Crippen LogP contribution in [0.25, 0.3) is 0 Å². The first-order chi connectivity index (χ1) is 12.5. The fourth-order valence-electron chi connectivity index (χ4n) is 2.90. The third kappa shape index (κ3) is 4.60. The smallest absolute Gasteiger partial charge is 0.228 e. The Balaban J connectivity index is 1.54. The molecule has 2 amide bonds. The van der Waals surface area contributed by atoms with Gasteiger partial charge in [0.2, 0.25) is 11.8 Å². The number of benzene rings is 1. The van der Waals surface area contributed by atoms with Gasteiger partial charge in [0, 0.05) is 38.0 Å². The zero-order chi connectivity index (χ0) is 18.5. The van der Waals surface area contributed by atoms with Gasteiger partial charge in [-0.3, -0.25) is 9.59 Å². The highest BCUT2D eigenvalue weighted by Gasteiger charge is 2.23. The van der Waals surface area contributed by atoms with Crippen molar-refractivity contribution in [2.45, 2.75) is 26.9 Å². The van der Waals surface area contributed by atoms with Crippen molar-refractivity contribution in [2.24, 2.45) is 0 Å². The maximum atomic E-state index is 12.6. The van der Waals surface area contributed by atoms with E-state index in [1.807, 2.05) is 42.2 Å². The molecule has 6 nitrogen and oxygen atoms in total. The predicted octanol–water partition coefficient (Wildman–Crippen LogP) is 2.26. The Morgan fingerprint density at radius 1 is 1.12 bits per heavy atom. The normalized spacial score (nSPS) is 14.4. The summed E-state index contributed by atoms with van der Waals surface area (Å²) in [6.07, 6.45) is 0.356. The molecule has 0 saturated carbocycles. The molecule has 1 aliphatic rings. The monoisotopic (exact) mass is 373 g/mol. The van der Waals surface area contributed by atoms with Gasteiger partial charge in [-0.25, -0.2) is 4.98 Å². The molecule has 1 aliphatic heterocycles. The third-order valence-corrected chi connectivity index (χ3v) is 5.56. The van der Waals surface area contributed by atoms with Crippen molar-refractivity contribution < 1.29 is 14.3 Å². The van der Waals surface area contributed by atoms with Crippen molar-refractivity contribution in [3.8, 4) is 5.75 Å². The van der Waals surface area contributed by atoms with Crippen LogP contribution >= 0.6 is 11.3 Å². The van der Waals surface area contributed by atoms with E-state index in [1.165, 1.54) is 11.3 Å². The van der Waals surface area contributed by atoms with Gasteiger partial charge in [-0.2, -0.15) is 0 Å². The number of hydrogen-bond acceptors (Lipinski definition) is 5. The van der Waals surface area contributed by atoms with Crippen LogP contribution in [0.15, 0.2) is 30.3 Å². The molecule has 1 aromatic heterocycles. The molecule has 3 rings (SSSR count). The average molecular weight is 373 g/mol. The minimum atomic E-state index is 0.0680. The lowest BCUT2D eigenvalue weighted by Gasteiger charge is -2.34. The van der Waals surface area contributed by atoms with E-state index in [0.29, 0.717) is 39.2 Å². The lowest BCUT2D eigenvalue weighted by atomic mass is 10.2. The minimum Gasteiger partial charge on any atom is -0.486 e. The fraction of sp³-hybridized carbons (Fsp3) is 0.421. The van der Waals surface area contributed by atoms with Gasteiger partial charge in [-0.1, -0.05) is 18.2 Å². The first kappa shape index (κ1) is 18.4. The average Bonchev–Trinajstić information content (AvgIpc) is 3.00. The Bertz CT molecular complexity index is 768. The van der Waals surface area contributed by atoms with E-state index in [2.05, 4.69) is 4.98 Å².